The van der Waals surface area contributed by atoms with Crippen molar-refractivity contribution in [1.29, 1.82) is 0 Å². The van der Waals surface area contributed by atoms with Crippen LogP contribution >= 0.6 is 11.6 Å². The molecule has 1 aromatic heterocycles. The summed E-state index contributed by atoms with van der Waals surface area (Å²) < 4.78 is 4.90. The van der Waals surface area contributed by atoms with Crippen LogP contribution < -0.4 is 5.32 Å². The van der Waals surface area contributed by atoms with Crippen molar-refractivity contribution in [3.05, 3.63) is 58.9 Å². The van der Waals surface area contributed by atoms with Gasteiger partial charge in [0.1, 0.15) is 0 Å². The second-order valence-electron chi connectivity index (χ2n) is 4.33. The van der Waals surface area contributed by atoms with Crippen molar-refractivity contribution >= 4 is 29.2 Å². The molecule has 1 heterocycles. The van der Waals surface area contributed by atoms with E-state index in [-0.39, 0.29) is 6.61 Å². The van der Waals surface area contributed by atoms with E-state index >= 15 is 0 Å². The minimum Gasteiger partial charge on any atom is -0.452 e. The van der Waals surface area contributed by atoms with Gasteiger partial charge in [0.25, 0.3) is 5.91 Å². The van der Waals surface area contributed by atoms with Gasteiger partial charge < -0.3 is 10.1 Å². The summed E-state index contributed by atoms with van der Waals surface area (Å²) in [6, 6.07) is 8.29. The maximum absolute atomic E-state index is 11.7. The normalized spacial score (nSPS) is 10.0. The molecular formula is C15H13ClN2O3. The Hall–Kier alpha value is -2.40. The zero-order valence-electron chi connectivity index (χ0n) is 11.3. The summed E-state index contributed by atoms with van der Waals surface area (Å²) in [5.41, 5.74) is 1.74. The lowest BCUT2D eigenvalue weighted by atomic mass is 10.2. The van der Waals surface area contributed by atoms with Crippen LogP contribution in [0.2, 0.25) is 5.02 Å². The Bertz CT molecular complexity index is 659. The van der Waals surface area contributed by atoms with Crippen LogP contribution in [0.5, 0.6) is 0 Å². The van der Waals surface area contributed by atoms with Crippen molar-refractivity contribution in [3.63, 3.8) is 0 Å². The molecule has 1 aromatic carbocycles. The number of hydrogen-bond acceptors (Lipinski definition) is 4. The minimum absolute atomic E-state index is 0.299. The van der Waals surface area contributed by atoms with Gasteiger partial charge in [0.05, 0.1) is 5.56 Å². The smallest absolute Gasteiger partial charge is 0.340 e. The molecule has 0 saturated heterocycles. The molecule has 0 unspecified atom stereocenters. The highest BCUT2D eigenvalue weighted by molar-refractivity contribution is 6.31. The Morgan fingerprint density at radius 3 is 2.81 bits per heavy atom. The molecule has 6 heteroatoms. The van der Waals surface area contributed by atoms with E-state index in [2.05, 4.69) is 10.3 Å². The monoisotopic (exact) mass is 304 g/mol. The third kappa shape index (κ3) is 4.29. The Morgan fingerprint density at radius 2 is 2.14 bits per heavy atom. The average molecular weight is 305 g/mol. The van der Waals surface area contributed by atoms with Crippen LogP contribution in [0, 0.1) is 6.92 Å². The molecule has 0 saturated carbocycles. The van der Waals surface area contributed by atoms with E-state index in [0.717, 1.165) is 5.56 Å². The molecular weight excluding hydrogens is 292 g/mol. The summed E-state index contributed by atoms with van der Waals surface area (Å²) >= 11 is 5.90. The molecule has 0 atom stereocenters. The molecule has 0 spiro atoms. The van der Waals surface area contributed by atoms with Crippen molar-refractivity contribution in [1.82, 2.24) is 4.98 Å². The Labute approximate surface area is 126 Å². The number of rotatable bonds is 4. The van der Waals surface area contributed by atoms with Crippen LogP contribution in [0.4, 0.5) is 5.69 Å². The maximum Gasteiger partial charge on any atom is 0.340 e. The van der Waals surface area contributed by atoms with Gasteiger partial charge in [0.2, 0.25) is 0 Å². The second kappa shape index (κ2) is 6.85. The van der Waals surface area contributed by atoms with Gasteiger partial charge in [-0.3, -0.25) is 9.78 Å². The summed E-state index contributed by atoms with van der Waals surface area (Å²) in [6.07, 6.45) is 2.93. The van der Waals surface area contributed by atoms with Gasteiger partial charge in [0, 0.05) is 23.1 Å². The second-order valence-corrected chi connectivity index (χ2v) is 4.74. The molecule has 0 radical (unpaired) electrons. The number of aromatic nitrogens is 1. The highest BCUT2D eigenvalue weighted by atomic mass is 35.5. The first-order valence-corrected chi connectivity index (χ1v) is 6.57. The number of hydrogen-bond donors (Lipinski definition) is 1. The Kier molecular flexibility index (Phi) is 4.90. The molecule has 2 aromatic rings. The first-order chi connectivity index (χ1) is 10.1. The van der Waals surface area contributed by atoms with Crippen molar-refractivity contribution < 1.29 is 14.3 Å². The molecule has 0 aliphatic rings. The number of pyridine rings is 1. The van der Waals surface area contributed by atoms with Gasteiger partial charge >= 0.3 is 5.97 Å². The Balaban J connectivity index is 1.87. The molecule has 0 bridgehead atoms. The number of halogens is 1. The quantitative estimate of drug-likeness (QED) is 0.882. The highest BCUT2D eigenvalue weighted by Crippen LogP contribution is 2.19. The van der Waals surface area contributed by atoms with E-state index in [9.17, 15) is 9.59 Å². The van der Waals surface area contributed by atoms with Gasteiger partial charge in [-0.1, -0.05) is 11.6 Å². The van der Waals surface area contributed by atoms with Crippen LogP contribution in [0.15, 0.2) is 42.7 Å². The molecule has 0 aliphatic carbocycles. The molecule has 0 fully saturated rings. The fourth-order valence-electron chi connectivity index (χ4n) is 1.62. The van der Waals surface area contributed by atoms with Crippen molar-refractivity contribution in [2.24, 2.45) is 0 Å². The van der Waals surface area contributed by atoms with Gasteiger partial charge in [-0.15, -0.1) is 0 Å². The summed E-state index contributed by atoms with van der Waals surface area (Å²) in [4.78, 5) is 27.2. The van der Waals surface area contributed by atoms with Crippen LogP contribution in [0.3, 0.4) is 0 Å². The third-order valence-corrected chi connectivity index (χ3v) is 3.10. The number of aryl methyl sites for hydroxylation is 1. The molecule has 2 rings (SSSR count). The molecule has 108 valence electrons. The standard InChI is InChI=1S/C15H13ClN2O3/c1-10-7-12(4-5-13(10)16)18-14(19)9-21-15(20)11-3-2-6-17-8-11/h2-8H,9H2,1H3,(H,18,19). The fourth-order valence-corrected chi connectivity index (χ4v) is 1.74. The number of benzene rings is 1. The van der Waals surface area contributed by atoms with Crippen molar-refractivity contribution in [3.8, 4) is 0 Å². The predicted octanol–water partition coefficient (Wildman–Crippen LogP) is 2.84. The zero-order chi connectivity index (χ0) is 15.2. The summed E-state index contributed by atoms with van der Waals surface area (Å²) in [5.74, 6) is -1.01. The number of carbonyl (C=O) groups is 2. The molecule has 0 aliphatic heterocycles. The largest absolute Gasteiger partial charge is 0.452 e. The van der Waals surface area contributed by atoms with E-state index in [4.69, 9.17) is 16.3 Å². The summed E-state index contributed by atoms with van der Waals surface area (Å²) in [7, 11) is 0. The lowest BCUT2D eigenvalue weighted by Crippen LogP contribution is -2.21. The first kappa shape index (κ1) is 15.0. The molecule has 1 amide bonds. The van der Waals surface area contributed by atoms with Gasteiger partial charge in [-0.05, 0) is 42.8 Å². The van der Waals surface area contributed by atoms with E-state index in [0.29, 0.717) is 16.3 Å². The number of esters is 1. The highest BCUT2D eigenvalue weighted by Gasteiger charge is 2.10. The molecule has 21 heavy (non-hydrogen) atoms. The van der Waals surface area contributed by atoms with Crippen LogP contribution in [-0.2, 0) is 9.53 Å². The topological polar surface area (TPSA) is 68.3 Å². The average Bonchev–Trinajstić information content (AvgIpc) is 2.49. The molecule has 5 nitrogen and oxygen atoms in total. The van der Waals surface area contributed by atoms with Crippen molar-refractivity contribution in [2.75, 3.05) is 11.9 Å². The van der Waals surface area contributed by atoms with Gasteiger partial charge in [-0.25, -0.2) is 4.79 Å². The number of nitrogens with one attached hydrogen (secondary N) is 1. The maximum atomic E-state index is 11.7. The van der Waals surface area contributed by atoms with Crippen LogP contribution in [0.1, 0.15) is 15.9 Å². The molecule has 1 N–H and O–H groups in total. The number of carbonyl (C=O) groups excluding carboxylic acids is 2. The zero-order valence-corrected chi connectivity index (χ0v) is 12.1. The Morgan fingerprint density at radius 1 is 1.33 bits per heavy atom. The number of ether oxygens (including phenoxy) is 1. The van der Waals surface area contributed by atoms with Crippen LogP contribution in [0.25, 0.3) is 0 Å². The van der Waals surface area contributed by atoms with Crippen molar-refractivity contribution in [2.45, 2.75) is 6.92 Å². The third-order valence-electron chi connectivity index (χ3n) is 2.67. The lowest BCUT2D eigenvalue weighted by molar-refractivity contribution is -0.119. The number of anilines is 1. The fraction of sp³-hybridized carbons (Fsp3) is 0.133. The SMILES string of the molecule is Cc1cc(NC(=O)COC(=O)c2cccnc2)ccc1Cl. The van der Waals surface area contributed by atoms with Crippen LogP contribution in [-0.4, -0.2) is 23.5 Å². The van der Waals surface area contributed by atoms with E-state index in [1.807, 2.05) is 6.92 Å². The van der Waals surface area contributed by atoms with Gasteiger partial charge in [-0.2, -0.15) is 0 Å². The lowest BCUT2D eigenvalue weighted by Gasteiger charge is -2.07. The van der Waals surface area contributed by atoms with E-state index < -0.39 is 11.9 Å². The van der Waals surface area contributed by atoms with E-state index in [1.165, 1.54) is 6.20 Å². The number of nitrogens with zero attached hydrogens (tertiary/aromatic N) is 1. The number of amides is 1. The summed E-state index contributed by atoms with van der Waals surface area (Å²) in [5, 5.41) is 3.25. The minimum atomic E-state index is -0.592. The summed E-state index contributed by atoms with van der Waals surface area (Å²) in [6.45, 7) is 1.47. The van der Waals surface area contributed by atoms with Gasteiger partial charge in [0.15, 0.2) is 6.61 Å². The first-order valence-electron chi connectivity index (χ1n) is 6.19. The predicted molar refractivity (Wildman–Crippen MR) is 79.3 cm³/mol. The van der Waals surface area contributed by atoms with E-state index in [1.54, 1.807) is 36.5 Å².